The molecule has 33 heavy (non-hydrogen) atoms. The predicted octanol–water partition coefficient (Wildman–Crippen LogP) is 3.74. The lowest BCUT2D eigenvalue weighted by molar-refractivity contribution is -0.127. The fraction of sp³-hybridized carbons (Fsp3) is 0.318. The molecule has 0 saturated carbocycles. The maximum Gasteiger partial charge on any atom is 0.340 e. The van der Waals surface area contributed by atoms with Gasteiger partial charge in [0.1, 0.15) is 0 Å². The van der Waals surface area contributed by atoms with Crippen LogP contribution in [0.25, 0.3) is 21.6 Å². The average Bonchev–Trinajstić information content (AvgIpc) is 3.22. The zero-order valence-corrected chi connectivity index (χ0v) is 19.4. The standard InChI is InChI=1S/C22H22ClN5O4S/c1-12(19(29)27-21(24)31)32-20(30)15-11-16(13-6-5-7-14(23)10-13)25-18-17(15)33-22(26-18)28-8-3-2-4-9-28/h5-7,10-12H,2-4,8-9H2,1H3,(H3,24,27,29,31). The summed E-state index contributed by atoms with van der Waals surface area (Å²) in [5.41, 5.74) is 6.84. The van der Waals surface area contributed by atoms with Crippen molar-refractivity contribution in [1.29, 1.82) is 0 Å². The minimum Gasteiger partial charge on any atom is -0.449 e. The van der Waals surface area contributed by atoms with Crippen LogP contribution in [-0.2, 0) is 9.53 Å². The Morgan fingerprint density at radius 2 is 1.94 bits per heavy atom. The number of amides is 3. The molecule has 2 aromatic heterocycles. The molecule has 3 heterocycles. The van der Waals surface area contributed by atoms with E-state index in [9.17, 15) is 14.4 Å². The number of carbonyl (C=O) groups excluding carboxylic acids is 3. The van der Waals surface area contributed by atoms with Crippen LogP contribution in [0.4, 0.5) is 9.93 Å². The van der Waals surface area contributed by atoms with Gasteiger partial charge in [0.05, 0.1) is 16.0 Å². The number of aromatic nitrogens is 2. The Balaban J connectivity index is 1.74. The van der Waals surface area contributed by atoms with Crippen LogP contribution in [0.5, 0.6) is 0 Å². The van der Waals surface area contributed by atoms with Gasteiger partial charge in [-0.1, -0.05) is 35.1 Å². The number of primary amides is 1. The first-order valence-electron chi connectivity index (χ1n) is 10.5. The van der Waals surface area contributed by atoms with Crippen LogP contribution in [-0.4, -0.2) is 47.1 Å². The van der Waals surface area contributed by atoms with Crippen molar-refractivity contribution in [3.05, 3.63) is 40.9 Å². The highest BCUT2D eigenvalue weighted by atomic mass is 35.5. The van der Waals surface area contributed by atoms with Crippen molar-refractivity contribution in [1.82, 2.24) is 15.3 Å². The molecule has 1 aliphatic heterocycles. The van der Waals surface area contributed by atoms with E-state index >= 15 is 0 Å². The lowest BCUT2D eigenvalue weighted by atomic mass is 10.1. The van der Waals surface area contributed by atoms with Crippen molar-refractivity contribution in [2.75, 3.05) is 18.0 Å². The maximum absolute atomic E-state index is 13.1. The number of esters is 1. The number of urea groups is 1. The molecule has 0 radical (unpaired) electrons. The Bertz CT molecular complexity index is 1220. The lowest BCUT2D eigenvalue weighted by Gasteiger charge is -2.25. The largest absolute Gasteiger partial charge is 0.449 e. The van der Waals surface area contributed by atoms with Gasteiger partial charge in [0, 0.05) is 23.7 Å². The van der Waals surface area contributed by atoms with E-state index in [1.807, 2.05) is 11.4 Å². The quantitative estimate of drug-likeness (QED) is 0.524. The van der Waals surface area contributed by atoms with Crippen LogP contribution in [0, 0.1) is 0 Å². The highest BCUT2D eigenvalue weighted by Gasteiger charge is 2.25. The van der Waals surface area contributed by atoms with Crippen molar-refractivity contribution in [3.8, 4) is 11.3 Å². The first-order valence-corrected chi connectivity index (χ1v) is 11.6. The normalized spacial score (nSPS) is 14.7. The number of imide groups is 1. The van der Waals surface area contributed by atoms with E-state index in [2.05, 4.69) is 9.88 Å². The molecule has 11 heteroatoms. The summed E-state index contributed by atoms with van der Waals surface area (Å²) in [5.74, 6) is -1.54. The van der Waals surface area contributed by atoms with E-state index in [1.54, 1.807) is 24.3 Å². The molecule has 1 aromatic carbocycles. The topological polar surface area (TPSA) is 128 Å². The molecule has 0 spiro atoms. The molecule has 0 bridgehead atoms. The number of piperidine rings is 1. The lowest BCUT2D eigenvalue weighted by Crippen LogP contribution is -2.42. The summed E-state index contributed by atoms with van der Waals surface area (Å²) >= 11 is 7.51. The molecule has 1 fully saturated rings. The number of nitrogens with one attached hydrogen (secondary N) is 1. The fourth-order valence-electron chi connectivity index (χ4n) is 3.57. The molecular weight excluding hydrogens is 466 g/mol. The summed E-state index contributed by atoms with van der Waals surface area (Å²) < 4.78 is 5.89. The first kappa shape index (κ1) is 22.9. The van der Waals surface area contributed by atoms with E-state index in [0.29, 0.717) is 26.6 Å². The van der Waals surface area contributed by atoms with Crippen LogP contribution in [0.3, 0.4) is 0 Å². The van der Waals surface area contributed by atoms with E-state index in [0.717, 1.165) is 31.1 Å². The molecule has 1 saturated heterocycles. The van der Waals surface area contributed by atoms with Gasteiger partial charge in [-0.25, -0.2) is 14.6 Å². The highest BCUT2D eigenvalue weighted by Crippen LogP contribution is 2.35. The Kier molecular flexibility index (Phi) is 6.75. The SMILES string of the molecule is CC(OC(=O)c1cc(-c2cccc(Cl)c2)nc2nc(N3CCCCC3)sc12)C(=O)NC(N)=O. The average molecular weight is 488 g/mol. The van der Waals surface area contributed by atoms with Crippen molar-refractivity contribution < 1.29 is 19.1 Å². The van der Waals surface area contributed by atoms with E-state index in [1.165, 1.54) is 24.7 Å². The molecule has 4 rings (SSSR count). The monoisotopic (exact) mass is 487 g/mol. The van der Waals surface area contributed by atoms with E-state index in [4.69, 9.17) is 27.1 Å². The van der Waals surface area contributed by atoms with Gasteiger partial charge in [0.2, 0.25) is 0 Å². The predicted molar refractivity (Wildman–Crippen MR) is 127 cm³/mol. The number of hydrogen-bond acceptors (Lipinski definition) is 8. The number of nitrogens with zero attached hydrogens (tertiary/aromatic N) is 3. The van der Waals surface area contributed by atoms with E-state index < -0.39 is 24.0 Å². The fourth-order valence-corrected chi connectivity index (χ4v) is 4.82. The molecule has 3 amide bonds. The number of hydrogen-bond donors (Lipinski definition) is 2. The third-order valence-electron chi connectivity index (χ3n) is 5.22. The summed E-state index contributed by atoms with van der Waals surface area (Å²) in [6.07, 6.45) is 2.12. The van der Waals surface area contributed by atoms with Crippen LogP contribution in [0.2, 0.25) is 5.02 Å². The summed E-state index contributed by atoms with van der Waals surface area (Å²) in [4.78, 5) is 47.6. The Morgan fingerprint density at radius 1 is 1.18 bits per heavy atom. The van der Waals surface area contributed by atoms with E-state index in [-0.39, 0.29) is 5.56 Å². The van der Waals surface area contributed by atoms with Crippen molar-refractivity contribution in [3.63, 3.8) is 0 Å². The Labute approximate surface area is 198 Å². The second kappa shape index (κ2) is 9.72. The summed E-state index contributed by atoms with van der Waals surface area (Å²) in [6, 6.07) is 7.69. The zero-order valence-electron chi connectivity index (χ0n) is 17.8. The number of ether oxygens (including phenoxy) is 1. The van der Waals surface area contributed by atoms with Crippen LogP contribution in [0.15, 0.2) is 30.3 Å². The number of pyridine rings is 1. The van der Waals surface area contributed by atoms with Crippen molar-refractivity contribution >= 4 is 56.3 Å². The maximum atomic E-state index is 13.1. The minimum absolute atomic E-state index is 0.231. The van der Waals surface area contributed by atoms with Gasteiger partial charge in [-0.05, 0) is 44.4 Å². The summed E-state index contributed by atoms with van der Waals surface area (Å²) in [7, 11) is 0. The first-order chi connectivity index (χ1) is 15.8. The molecule has 1 atom stereocenters. The van der Waals surface area contributed by atoms with Gasteiger partial charge < -0.3 is 15.4 Å². The number of benzene rings is 1. The number of halogens is 1. The van der Waals surface area contributed by atoms with Gasteiger partial charge in [-0.3, -0.25) is 10.1 Å². The third kappa shape index (κ3) is 5.23. The number of carbonyl (C=O) groups is 3. The van der Waals surface area contributed by atoms with Crippen LogP contribution < -0.4 is 16.0 Å². The molecule has 3 aromatic rings. The van der Waals surface area contributed by atoms with Gasteiger partial charge in [0.15, 0.2) is 16.9 Å². The molecule has 1 aliphatic rings. The Morgan fingerprint density at radius 3 is 2.64 bits per heavy atom. The van der Waals surface area contributed by atoms with Crippen molar-refractivity contribution in [2.24, 2.45) is 5.73 Å². The highest BCUT2D eigenvalue weighted by molar-refractivity contribution is 7.22. The molecule has 9 nitrogen and oxygen atoms in total. The smallest absolute Gasteiger partial charge is 0.340 e. The molecular formula is C22H22ClN5O4S. The second-order valence-electron chi connectivity index (χ2n) is 7.66. The number of anilines is 1. The number of fused-ring (bicyclic) bond motifs is 1. The second-order valence-corrected chi connectivity index (χ2v) is 9.08. The van der Waals surface area contributed by atoms with Gasteiger partial charge in [-0.15, -0.1) is 0 Å². The zero-order chi connectivity index (χ0) is 23.5. The number of nitrogens with two attached hydrogens (primary N) is 1. The number of thiazole rings is 1. The van der Waals surface area contributed by atoms with Crippen LogP contribution in [0.1, 0.15) is 36.5 Å². The Hall–Kier alpha value is -3.24. The molecule has 3 N–H and O–H groups in total. The molecule has 1 unspecified atom stereocenters. The minimum atomic E-state index is -1.22. The summed E-state index contributed by atoms with van der Waals surface area (Å²) in [6.45, 7) is 3.15. The molecule has 172 valence electrons. The number of rotatable bonds is 5. The molecule has 0 aliphatic carbocycles. The van der Waals surface area contributed by atoms with Gasteiger partial charge >= 0.3 is 12.0 Å². The third-order valence-corrected chi connectivity index (χ3v) is 6.59. The van der Waals surface area contributed by atoms with Gasteiger partial charge in [0.25, 0.3) is 5.91 Å². The van der Waals surface area contributed by atoms with Crippen molar-refractivity contribution in [2.45, 2.75) is 32.3 Å². The van der Waals surface area contributed by atoms with Gasteiger partial charge in [-0.2, -0.15) is 4.98 Å². The summed E-state index contributed by atoms with van der Waals surface area (Å²) in [5, 5.41) is 3.22. The van der Waals surface area contributed by atoms with Crippen LogP contribution >= 0.6 is 22.9 Å².